The fourth-order valence-electron chi connectivity index (χ4n) is 2.08. The van der Waals surface area contributed by atoms with Crippen LogP contribution in [0.5, 0.6) is 0 Å². The predicted octanol–water partition coefficient (Wildman–Crippen LogP) is 2.38. The summed E-state index contributed by atoms with van der Waals surface area (Å²) in [6, 6.07) is 12.9. The Hall–Kier alpha value is -1.94. The molecular weight excluding hydrogens is 362 g/mol. The minimum atomic E-state index is -3.67. The van der Waals surface area contributed by atoms with Crippen molar-refractivity contribution in [1.29, 1.82) is 0 Å². The number of nitro groups is 1. The molecular formula is C16H19N3O4S2. The largest absolute Gasteiger partial charge is 0.311 e. The van der Waals surface area contributed by atoms with Crippen molar-refractivity contribution in [2.75, 3.05) is 19.3 Å². The highest BCUT2D eigenvalue weighted by atomic mass is 32.2. The van der Waals surface area contributed by atoms with Gasteiger partial charge in [0.2, 0.25) is 10.0 Å². The number of nitrogens with one attached hydrogen (secondary N) is 2. The van der Waals surface area contributed by atoms with Crippen LogP contribution < -0.4 is 10.0 Å². The molecule has 0 atom stereocenters. The summed E-state index contributed by atoms with van der Waals surface area (Å²) in [6.45, 7) is 1.34. The van der Waals surface area contributed by atoms with Gasteiger partial charge < -0.3 is 5.32 Å². The average Bonchev–Trinajstić information content (AvgIpc) is 2.62. The third kappa shape index (κ3) is 5.82. The lowest BCUT2D eigenvalue weighted by atomic mass is 10.2. The second-order valence-corrected chi connectivity index (χ2v) is 7.82. The van der Waals surface area contributed by atoms with E-state index in [0.717, 1.165) is 5.56 Å². The first-order valence-electron chi connectivity index (χ1n) is 7.50. The maximum atomic E-state index is 12.1. The van der Waals surface area contributed by atoms with Crippen LogP contribution in [-0.2, 0) is 16.6 Å². The van der Waals surface area contributed by atoms with E-state index in [2.05, 4.69) is 10.0 Å². The van der Waals surface area contributed by atoms with Crippen LogP contribution in [0, 0.1) is 10.1 Å². The number of non-ortho nitro benzene ring substituents is 1. The van der Waals surface area contributed by atoms with Crippen LogP contribution in [0.2, 0.25) is 0 Å². The van der Waals surface area contributed by atoms with E-state index in [1.165, 1.54) is 29.2 Å². The molecule has 0 aliphatic carbocycles. The molecule has 0 aliphatic heterocycles. The van der Waals surface area contributed by atoms with Crippen molar-refractivity contribution in [2.24, 2.45) is 0 Å². The zero-order chi connectivity index (χ0) is 18.3. The molecule has 2 N–H and O–H groups in total. The Morgan fingerprint density at radius 1 is 1.04 bits per heavy atom. The summed E-state index contributed by atoms with van der Waals surface area (Å²) < 4.78 is 26.7. The SMILES string of the molecule is CSc1ccc(CNCCNS(=O)(=O)c2ccc([N+](=O)[O-])cc2)cc1. The molecule has 9 heteroatoms. The van der Waals surface area contributed by atoms with E-state index in [9.17, 15) is 18.5 Å². The molecule has 7 nitrogen and oxygen atoms in total. The van der Waals surface area contributed by atoms with E-state index in [0.29, 0.717) is 13.1 Å². The number of benzene rings is 2. The Morgan fingerprint density at radius 3 is 2.24 bits per heavy atom. The van der Waals surface area contributed by atoms with Crippen LogP contribution in [0.15, 0.2) is 58.3 Å². The molecule has 0 spiro atoms. The van der Waals surface area contributed by atoms with Gasteiger partial charge in [-0.25, -0.2) is 13.1 Å². The number of thioether (sulfide) groups is 1. The van der Waals surface area contributed by atoms with Crippen LogP contribution in [0.25, 0.3) is 0 Å². The fourth-order valence-corrected chi connectivity index (χ4v) is 3.52. The zero-order valence-corrected chi connectivity index (χ0v) is 15.3. The summed E-state index contributed by atoms with van der Waals surface area (Å²) in [4.78, 5) is 11.2. The molecule has 0 aliphatic rings. The van der Waals surface area contributed by atoms with Gasteiger partial charge in [0.15, 0.2) is 0 Å². The summed E-state index contributed by atoms with van der Waals surface area (Å²) in [7, 11) is -3.67. The minimum Gasteiger partial charge on any atom is -0.311 e. The molecule has 25 heavy (non-hydrogen) atoms. The van der Waals surface area contributed by atoms with Gasteiger partial charge in [-0.1, -0.05) is 12.1 Å². The van der Waals surface area contributed by atoms with Gasteiger partial charge in [-0.05, 0) is 36.1 Å². The molecule has 0 aromatic heterocycles. The van der Waals surface area contributed by atoms with E-state index >= 15 is 0 Å². The number of nitrogens with zero attached hydrogens (tertiary/aromatic N) is 1. The van der Waals surface area contributed by atoms with E-state index in [1.807, 2.05) is 30.5 Å². The highest BCUT2D eigenvalue weighted by Gasteiger charge is 2.14. The summed E-state index contributed by atoms with van der Waals surface area (Å²) in [5.74, 6) is 0. The Labute approximate surface area is 151 Å². The molecule has 0 radical (unpaired) electrons. The normalized spacial score (nSPS) is 11.4. The Morgan fingerprint density at radius 2 is 1.68 bits per heavy atom. The predicted molar refractivity (Wildman–Crippen MR) is 98.2 cm³/mol. The lowest BCUT2D eigenvalue weighted by molar-refractivity contribution is -0.384. The summed E-state index contributed by atoms with van der Waals surface area (Å²) >= 11 is 1.68. The van der Waals surface area contributed by atoms with Crippen molar-refractivity contribution in [3.05, 3.63) is 64.2 Å². The lowest BCUT2D eigenvalue weighted by Gasteiger charge is -2.08. The van der Waals surface area contributed by atoms with Crippen molar-refractivity contribution in [3.63, 3.8) is 0 Å². The van der Waals surface area contributed by atoms with Gasteiger partial charge in [-0.2, -0.15) is 0 Å². The first kappa shape index (κ1) is 19.4. The van der Waals surface area contributed by atoms with Crippen LogP contribution in [0.4, 0.5) is 5.69 Å². The lowest BCUT2D eigenvalue weighted by Crippen LogP contribution is -2.31. The second-order valence-electron chi connectivity index (χ2n) is 5.17. The van der Waals surface area contributed by atoms with Gasteiger partial charge in [0.1, 0.15) is 0 Å². The first-order chi connectivity index (χ1) is 11.9. The molecule has 0 saturated carbocycles. The topological polar surface area (TPSA) is 101 Å². The van der Waals surface area contributed by atoms with Crippen LogP contribution >= 0.6 is 11.8 Å². The van der Waals surface area contributed by atoms with Crippen LogP contribution in [-0.4, -0.2) is 32.7 Å². The molecule has 2 aromatic rings. The van der Waals surface area contributed by atoms with Gasteiger partial charge >= 0.3 is 0 Å². The third-order valence-corrected chi connectivity index (χ3v) is 5.66. The number of hydrogen-bond acceptors (Lipinski definition) is 6. The number of sulfonamides is 1. The third-order valence-electron chi connectivity index (χ3n) is 3.44. The number of nitro benzene ring substituents is 1. The molecule has 2 aromatic carbocycles. The Bertz CT molecular complexity index is 806. The van der Waals surface area contributed by atoms with E-state index in [4.69, 9.17) is 0 Å². The van der Waals surface area contributed by atoms with Crippen molar-refractivity contribution in [1.82, 2.24) is 10.0 Å². The Balaban J connectivity index is 1.78. The molecule has 134 valence electrons. The highest BCUT2D eigenvalue weighted by molar-refractivity contribution is 7.98. The minimum absolute atomic E-state index is 0.00533. The van der Waals surface area contributed by atoms with Crippen molar-refractivity contribution >= 4 is 27.5 Å². The molecule has 0 heterocycles. The van der Waals surface area contributed by atoms with Gasteiger partial charge in [0.25, 0.3) is 5.69 Å². The Kier molecular flexibility index (Phi) is 6.94. The van der Waals surface area contributed by atoms with Gasteiger partial charge in [0, 0.05) is 36.7 Å². The summed E-state index contributed by atoms with van der Waals surface area (Å²) in [5, 5.41) is 13.8. The molecule has 0 saturated heterocycles. The molecule has 0 bridgehead atoms. The molecule has 0 fully saturated rings. The molecule has 0 amide bonds. The van der Waals surface area contributed by atoms with Crippen LogP contribution in [0.3, 0.4) is 0 Å². The van der Waals surface area contributed by atoms with Gasteiger partial charge in [-0.15, -0.1) is 11.8 Å². The molecule has 2 rings (SSSR count). The quantitative estimate of drug-likeness (QED) is 0.299. The van der Waals surface area contributed by atoms with Gasteiger partial charge in [-0.3, -0.25) is 10.1 Å². The zero-order valence-electron chi connectivity index (χ0n) is 13.6. The van der Waals surface area contributed by atoms with Crippen molar-refractivity contribution in [3.8, 4) is 0 Å². The standard InChI is InChI=1S/C16H19N3O4S2/c1-24-15-6-2-13(3-7-15)12-17-10-11-18-25(22,23)16-8-4-14(5-9-16)19(20)21/h2-9,17-18H,10-12H2,1H3. The fraction of sp³-hybridized carbons (Fsp3) is 0.250. The second kappa shape index (κ2) is 8.95. The maximum Gasteiger partial charge on any atom is 0.269 e. The first-order valence-corrected chi connectivity index (χ1v) is 10.2. The van der Waals surface area contributed by atoms with Crippen LogP contribution in [0.1, 0.15) is 5.56 Å². The summed E-state index contributed by atoms with van der Waals surface area (Å²) in [6.07, 6.45) is 2.02. The number of hydrogen-bond donors (Lipinski definition) is 2. The van der Waals surface area contributed by atoms with E-state index in [1.54, 1.807) is 11.8 Å². The highest BCUT2D eigenvalue weighted by Crippen LogP contribution is 2.16. The van der Waals surface area contributed by atoms with E-state index < -0.39 is 14.9 Å². The van der Waals surface area contributed by atoms with Crippen molar-refractivity contribution < 1.29 is 13.3 Å². The molecule has 0 unspecified atom stereocenters. The van der Waals surface area contributed by atoms with Gasteiger partial charge in [0.05, 0.1) is 9.82 Å². The summed E-state index contributed by atoms with van der Waals surface area (Å²) in [5.41, 5.74) is 0.976. The maximum absolute atomic E-state index is 12.1. The van der Waals surface area contributed by atoms with Crippen molar-refractivity contribution in [2.45, 2.75) is 16.3 Å². The monoisotopic (exact) mass is 381 g/mol. The smallest absolute Gasteiger partial charge is 0.269 e. The average molecular weight is 381 g/mol. The van der Waals surface area contributed by atoms with E-state index in [-0.39, 0.29) is 17.1 Å². The number of rotatable bonds is 9.